The highest BCUT2D eigenvalue weighted by atomic mass is 35.5. The number of aromatic nitrogens is 5. The van der Waals surface area contributed by atoms with Crippen LogP contribution in [0.25, 0.3) is 17.3 Å². The van der Waals surface area contributed by atoms with Crippen LogP contribution in [0.5, 0.6) is 0 Å². The number of rotatable bonds is 2. The van der Waals surface area contributed by atoms with Gasteiger partial charge in [0.05, 0.1) is 0 Å². The van der Waals surface area contributed by atoms with Crippen LogP contribution >= 0.6 is 22.9 Å². The fourth-order valence-corrected chi connectivity index (χ4v) is 2.42. The number of halogens is 1. The number of hydrogen-bond donors (Lipinski definition) is 0. The minimum Gasteiger partial charge on any atom is -0.206 e. The van der Waals surface area contributed by atoms with Crippen molar-refractivity contribution in [1.82, 2.24) is 24.7 Å². The van der Waals surface area contributed by atoms with Crippen molar-refractivity contribution in [2.45, 2.75) is 6.92 Å². The Morgan fingerprint density at radius 1 is 1.28 bits per heavy atom. The van der Waals surface area contributed by atoms with Crippen molar-refractivity contribution in [3.63, 3.8) is 0 Å². The van der Waals surface area contributed by atoms with Crippen molar-refractivity contribution in [1.29, 1.82) is 0 Å². The molecule has 0 unspecified atom stereocenters. The first-order valence-electron chi connectivity index (χ1n) is 5.20. The van der Waals surface area contributed by atoms with Crippen LogP contribution in [-0.2, 0) is 0 Å². The van der Waals surface area contributed by atoms with E-state index >= 15 is 0 Å². The molecule has 0 aliphatic heterocycles. The number of aryl methyl sites for hydroxylation is 1. The van der Waals surface area contributed by atoms with E-state index < -0.39 is 0 Å². The van der Waals surface area contributed by atoms with Crippen LogP contribution in [-0.4, -0.2) is 24.7 Å². The Bertz CT molecular complexity index is 677. The summed E-state index contributed by atoms with van der Waals surface area (Å²) in [6.45, 7) is 2.02. The van der Waals surface area contributed by atoms with Crippen LogP contribution in [0.4, 0.5) is 0 Å². The maximum absolute atomic E-state index is 5.94. The standard InChI is InChI=1S/C11H8ClN5S/c1-7-8(3-6-18-7)9-14-10(12)16-11(15-9)17-5-2-4-13-17/h2-6H,1H3. The summed E-state index contributed by atoms with van der Waals surface area (Å²) >= 11 is 7.58. The third-order valence-corrected chi connectivity index (χ3v) is 3.42. The fraction of sp³-hybridized carbons (Fsp3) is 0.0909. The van der Waals surface area contributed by atoms with E-state index in [1.165, 1.54) is 0 Å². The minimum absolute atomic E-state index is 0.163. The van der Waals surface area contributed by atoms with Crippen molar-refractivity contribution in [2.75, 3.05) is 0 Å². The van der Waals surface area contributed by atoms with Gasteiger partial charge in [0.2, 0.25) is 5.28 Å². The van der Waals surface area contributed by atoms with Crippen molar-refractivity contribution >= 4 is 22.9 Å². The molecule has 18 heavy (non-hydrogen) atoms. The van der Waals surface area contributed by atoms with Crippen molar-refractivity contribution in [3.8, 4) is 17.3 Å². The van der Waals surface area contributed by atoms with Crippen molar-refractivity contribution in [2.24, 2.45) is 0 Å². The molecule has 0 aliphatic rings. The summed E-state index contributed by atoms with van der Waals surface area (Å²) in [6, 6.07) is 3.77. The van der Waals surface area contributed by atoms with Crippen LogP contribution in [0.3, 0.4) is 0 Å². The molecule has 0 bridgehead atoms. The fourth-order valence-electron chi connectivity index (χ4n) is 1.57. The lowest BCUT2D eigenvalue weighted by Crippen LogP contribution is -2.04. The molecule has 7 heteroatoms. The second-order valence-electron chi connectivity index (χ2n) is 3.57. The van der Waals surface area contributed by atoms with Gasteiger partial charge in [0.1, 0.15) is 0 Å². The predicted molar refractivity (Wildman–Crippen MR) is 70.0 cm³/mol. The number of nitrogens with zero attached hydrogens (tertiary/aromatic N) is 5. The number of thiophene rings is 1. The molecule has 0 aliphatic carbocycles. The predicted octanol–water partition coefficient (Wildman–Crippen LogP) is 2.75. The molecule has 0 saturated carbocycles. The van der Waals surface area contributed by atoms with Crippen LogP contribution in [0, 0.1) is 6.92 Å². The van der Waals surface area contributed by atoms with Crippen LogP contribution in [0.1, 0.15) is 4.88 Å². The third kappa shape index (κ3) is 2.00. The molecule has 0 aromatic carbocycles. The smallest absolute Gasteiger partial charge is 0.206 e. The van der Waals surface area contributed by atoms with Crippen LogP contribution < -0.4 is 0 Å². The van der Waals surface area contributed by atoms with Gasteiger partial charge in [-0.1, -0.05) is 0 Å². The van der Waals surface area contributed by atoms with Gasteiger partial charge in [0.15, 0.2) is 5.82 Å². The van der Waals surface area contributed by atoms with E-state index in [1.54, 1.807) is 34.5 Å². The Labute approximate surface area is 112 Å². The van der Waals surface area contributed by atoms with E-state index in [9.17, 15) is 0 Å². The summed E-state index contributed by atoms with van der Waals surface area (Å²) in [5.41, 5.74) is 0.970. The molecular formula is C11H8ClN5S. The Morgan fingerprint density at radius 2 is 2.17 bits per heavy atom. The maximum atomic E-state index is 5.94. The number of hydrogen-bond acceptors (Lipinski definition) is 5. The van der Waals surface area contributed by atoms with Gasteiger partial charge in [-0.3, -0.25) is 0 Å². The average Bonchev–Trinajstić information content (AvgIpc) is 2.98. The van der Waals surface area contributed by atoms with E-state index in [0.717, 1.165) is 10.4 Å². The van der Waals surface area contributed by atoms with Gasteiger partial charge in [-0.05, 0) is 36.0 Å². The molecule has 0 amide bonds. The van der Waals surface area contributed by atoms with Gasteiger partial charge in [0.25, 0.3) is 5.95 Å². The van der Waals surface area contributed by atoms with Gasteiger partial charge in [-0.25, -0.2) is 4.68 Å². The van der Waals surface area contributed by atoms with Gasteiger partial charge in [0, 0.05) is 22.8 Å². The lowest BCUT2D eigenvalue weighted by atomic mass is 10.2. The third-order valence-electron chi connectivity index (χ3n) is 2.41. The molecule has 5 nitrogen and oxygen atoms in total. The van der Waals surface area contributed by atoms with Crippen LogP contribution in [0.15, 0.2) is 29.9 Å². The first kappa shape index (κ1) is 11.3. The normalized spacial score (nSPS) is 10.8. The molecule has 0 N–H and O–H groups in total. The van der Waals surface area contributed by atoms with E-state index in [1.807, 2.05) is 18.4 Å². The molecule has 3 aromatic rings. The van der Waals surface area contributed by atoms with Crippen LogP contribution in [0.2, 0.25) is 5.28 Å². The Balaban J connectivity index is 2.15. The quantitative estimate of drug-likeness (QED) is 0.723. The molecule has 90 valence electrons. The van der Waals surface area contributed by atoms with Gasteiger partial charge in [-0.2, -0.15) is 20.1 Å². The minimum atomic E-state index is 0.163. The highest BCUT2D eigenvalue weighted by molar-refractivity contribution is 7.10. The Morgan fingerprint density at radius 3 is 2.83 bits per heavy atom. The summed E-state index contributed by atoms with van der Waals surface area (Å²) < 4.78 is 1.55. The van der Waals surface area contributed by atoms with Gasteiger partial charge in [-0.15, -0.1) is 11.3 Å². The second kappa shape index (κ2) is 4.47. The SMILES string of the molecule is Cc1sccc1-c1nc(Cl)nc(-n2cccn2)n1. The maximum Gasteiger partial charge on any atom is 0.255 e. The first-order chi connectivity index (χ1) is 8.74. The monoisotopic (exact) mass is 277 g/mol. The summed E-state index contributed by atoms with van der Waals surface area (Å²) in [6.07, 6.45) is 3.42. The summed E-state index contributed by atoms with van der Waals surface area (Å²) in [5.74, 6) is 0.986. The average molecular weight is 278 g/mol. The highest BCUT2D eigenvalue weighted by Crippen LogP contribution is 2.25. The Kier molecular flexibility index (Phi) is 2.81. The van der Waals surface area contributed by atoms with Gasteiger partial charge >= 0.3 is 0 Å². The summed E-state index contributed by atoms with van der Waals surface area (Å²) in [5, 5.41) is 6.24. The van der Waals surface area contributed by atoms with E-state index in [0.29, 0.717) is 11.8 Å². The van der Waals surface area contributed by atoms with E-state index in [4.69, 9.17) is 11.6 Å². The molecule has 0 saturated heterocycles. The molecule has 3 aromatic heterocycles. The van der Waals surface area contributed by atoms with Crippen molar-refractivity contribution < 1.29 is 0 Å². The largest absolute Gasteiger partial charge is 0.255 e. The Hall–Kier alpha value is -1.79. The molecular weight excluding hydrogens is 270 g/mol. The van der Waals surface area contributed by atoms with E-state index in [2.05, 4.69) is 20.1 Å². The zero-order valence-electron chi connectivity index (χ0n) is 9.41. The molecule has 0 fully saturated rings. The molecule has 0 spiro atoms. The molecule has 3 heterocycles. The zero-order chi connectivity index (χ0) is 12.5. The zero-order valence-corrected chi connectivity index (χ0v) is 11.0. The highest BCUT2D eigenvalue weighted by Gasteiger charge is 2.11. The molecule has 3 rings (SSSR count). The topological polar surface area (TPSA) is 56.5 Å². The summed E-state index contributed by atoms with van der Waals surface area (Å²) in [4.78, 5) is 13.7. The second-order valence-corrected chi connectivity index (χ2v) is 5.03. The van der Waals surface area contributed by atoms with Gasteiger partial charge < -0.3 is 0 Å². The lowest BCUT2D eigenvalue weighted by Gasteiger charge is -2.03. The lowest BCUT2D eigenvalue weighted by molar-refractivity contribution is 0.798. The molecule has 0 atom stereocenters. The first-order valence-corrected chi connectivity index (χ1v) is 6.46. The van der Waals surface area contributed by atoms with E-state index in [-0.39, 0.29) is 5.28 Å². The summed E-state index contributed by atoms with van der Waals surface area (Å²) in [7, 11) is 0. The van der Waals surface area contributed by atoms with Crippen molar-refractivity contribution in [3.05, 3.63) is 40.1 Å². The molecule has 0 radical (unpaired) electrons.